The number of carbonyl (C=O) groups is 1. The Kier molecular flexibility index (Phi) is 6.41. The number of amides is 1. The fraction of sp³-hybridized carbons (Fsp3) is 0.208. The molecule has 0 aliphatic carbocycles. The third kappa shape index (κ3) is 4.75. The Labute approximate surface area is 190 Å². The molecule has 8 heteroatoms. The topological polar surface area (TPSA) is 64.7 Å². The fourth-order valence-corrected chi connectivity index (χ4v) is 4.22. The van der Waals surface area contributed by atoms with Gasteiger partial charge in [-0.1, -0.05) is 30.0 Å². The van der Waals surface area contributed by atoms with Crippen molar-refractivity contribution in [3.8, 4) is 5.69 Å². The van der Waals surface area contributed by atoms with Crippen LogP contribution in [0.3, 0.4) is 0 Å². The Bertz CT molecular complexity index is 1250. The number of aryl methyl sites for hydroxylation is 3. The van der Waals surface area contributed by atoms with Gasteiger partial charge in [0, 0.05) is 37.5 Å². The van der Waals surface area contributed by atoms with Crippen molar-refractivity contribution in [1.82, 2.24) is 24.4 Å². The second-order valence-corrected chi connectivity index (χ2v) is 8.53. The van der Waals surface area contributed by atoms with Crippen LogP contribution in [0.25, 0.3) is 5.69 Å². The maximum absolute atomic E-state index is 13.8. The normalized spacial score (nSPS) is 12.0. The van der Waals surface area contributed by atoms with E-state index in [4.69, 9.17) is 0 Å². The molecule has 0 saturated carbocycles. The van der Waals surface area contributed by atoms with Crippen molar-refractivity contribution in [2.24, 2.45) is 7.05 Å². The molecule has 0 aliphatic rings. The van der Waals surface area contributed by atoms with Crippen LogP contribution in [0.2, 0.25) is 0 Å². The molecule has 2 heterocycles. The van der Waals surface area contributed by atoms with Gasteiger partial charge in [-0.3, -0.25) is 9.36 Å². The number of nitrogens with one attached hydrogen (secondary N) is 1. The average Bonchev–Trinajstić information content (AvgIpc) is 3.41. The first-order valence-corrected chi connectivity index (χ1v) is 11.2. The van der Waals surface area contributed by atoms with Crippen molar-refractivity contribution in [3.05, 3.63) is 95.6 Å². The van der Waals surface area contributed by atoms with E-state index < -0.39 is 6.04 Å². The summed E-state index contributed by atoms with van der Waals surface area (Å²) in [7, 11) is 1.84. The Balaban J connectivity index is 1.50. The molecule has 0 radical (unpaired) electrons. The van der Waals surface area contributed by atoms with E-state index >= 15 is 0 Å². The summed E-state index contributed by atoms with van der Waals surface area (Å²) in [4.78, 5) is 21.6. The number of hydrogen-bond donors (Lipinski definition) is 1. The zero-order valence-electron chi connectivity index (χ0n) is 18.1. The summed E-state index contributed by atoms with van der Waals surface area (Å²) in [6.07, 6.45) is 7.05. The highest BCUT2D eigenvalue weighted by molar-refractivity contribution is 7.99. The number of hydrogen-bond acceptors (Lipinski definition) is 4. The van der Waals surface area contributed by atoms with Crippen LogP contribution in [0.4, 0.5) is 4.39 Å². The predicted molar refractivity (Wildman–Crippen MR) is 123 cm³/mol. The average molecular weight is 450 g/mol. The van der Waals surface area contributed by atoms with Crippen LogP contribution in [-0.2, 0) is 11.8 Å². The van der Waals surface area contributed by atoms with Crippen LogP contribution in [0.1, 0.15) is 28.6 Å². The minimum atomic E-state index is -0.557. The smallest absolute Gasteiger partial charge is 0.231 e. The lowest BCUT2D eigenvalue weighted by Crippen LogP contribution is -2.32. The number of benzene rings is 2. The largest absolute Gasteiger partial charge is 0.341 e. The predicted octanol–water partition coefficient (Wildman–Crippen LogP) is 4.36. The highest BCUT2D eigenvalue weighted by Gasteiger charge is 2.21. The van der Waals surface area contributed by atoms with Crippen LogP contribution in [0, 0.1) is 19.7 Å². The SMILES string of the molecule is Cc1ccc(-n2ccnc2SCC(=O)NC(c2cccc(F)c2)c2nccn2C)cc1C. The van der Waals surface area contributed by atoms with Gasteiger partial charge < -0.3 is 9.88 Å². The molecule has 164 valence electrons. The van der Waals surface area contributed by atoms with Crippen molar-refractivity contribution >= 4 is 17.7 Å². The summed E-state index contributed by atoms with van der Waals surface area (Å²) in [5, 5.41) is 3.72. The number of thioether (sulfide) groups is 1. The zero-order valence-corrected chi connectivity index (χ0v) is 18.9. The van der Waals surface area contributed by atoms with Gasteiger partial charge in [0.05, 0.1) is 5.75 Å². The van der Waals surface area contributed by atoms with Gasteiger partial charge in [-0.25, -0.2) is 14.4 Å². The van der Waals surface area contributed by atoms with Crippen molar-refractivity contribution in [2.75, 3.05) is 5.75 Å². The summed E-state index contributed by atoms with van der Waals surface area (Å²) in [6.45, 7) is 4.14. The Hall–Kier alpha value is -3.39. The van der Waals surface area contributed by atoms with Crippen LogP contribution in [-0.4, -0.2) is 30.8 Å². The lowest BCUT2D eigenvalue weighted by atomic mass is 10.1. The van der Waals surface area contributed by atoms with Gasteiger partial charge in [0.1, 0.15) is 17.7 Å². The number of carbonyl (C=O) groups excluding carboxylic acids is 1. The molecular formula is C24H24FN5OS. The summed E-state index contributed by atoms with van der Waals surface area (Å²) in [5.41, 5.74) is 4.05. The van der Waals surface area contributed by atoms with Gasteiger partial charge in [-0.05, 0) is 54.8 Å². The maximum Gasteiger partial charge on any atom is 0.231 e. The molecular weight excluding hydrogens is 425 g/mol. The molecule has 1 unspecified atom stereocenters. The molecule has 4 aromatic rings. The second-order valence-electron chi connectivity index (χ2n) is 7.59. The van der Waals surface area contributed by atoms with Crippen LogP contribution in [0.15, 0.2) is 72.4 Å². The fourth-order valence-electron chi connectivity index (χ4n) is 3.44. The monoisotopic (exact) mass is 449 g/mol. The maximum atomic E-state index is 13.8. The number of nitrogens with zero attached hydrogens (tertiary/aromatic N) is 4. The van der Waals surface area contributed by atoms with E-state index in [0.717, 1.165) is 10.8 Å². The van der Waals surface area contributed by atoms with Gasteiger partial charge >= 0.3 is 0 Å². The molecule has 6 nitrogen and oxygen atoms in total. The summed E-state index contributed by atoms with van der Waals surface area (Å²) < 4.78 is 17.6. The molecule has 0 bridgehead atoms. The first-order chi connectivity index (χ1) is 15.4. The number of halogens is 1. The molecule has 0 aliphatic heterocycles. The number of rotatable bonds is 7. The molecule has 1 N–H and O–H groups in total. The number of imidazole rings is 2. The third-order valence-electron chi connectivity index (χ3n) is 5.31. The lowest BCUT2D eigenvalue weighted by Gasteiger charge is -2.19. The van der Waals surface area contributed by atoms with Gasteiger partial charge in [0.25, 0.3) is 0 Å². The van der Waals surface area contributed by atoms with Crippen molar-refractivity contribution in [2.45, 2.75) is 25.0 Å². The van der Waals surface area contributed by atoms with E-state index in [-0.39, 0.29) is 17.5 Å². The minimum Gasteiger partial charge on any atom is -0.341 e. The lowest BCUT2D eigenvalue weighted by molar-refractivity contribution is -0.119. The standard InChI is InChI=1S/C24H24FN5OS/c1-16-7-8-20(13-17(16)2)30-12-10-27-24(30)32-15-21(31)28-22(23-26-9-11-29(23)3)18-5-4-6-19(25)14-18/h4-14,22H,15H2,1-3H3,(H,28,31). The molecule has 32 heavy (non-hydrogen) atoms. The first-order valence-electron chi connectivity index (χ1n) is 10.2. The van der Waals surface area contributed by atoms with E-state index in [2.05, 4.69) is 41.3 Å². The van der Waals surface area contributed by atoms with E-state index in [1.54, 1.807) is 30.7 Å². The van der Waals surface area contributed by atoms with Crippen molar-refractivity contribution in [3.63, 3.8) is 0 Å². The Morgan fingerprint density at radius 3 is 2.62 bits per heavy atom. The van der Waals surface area contributed by atoms with Crippen LogP contribution in [0.5, 0.6) is 0 Å². The Morgan fingerprint density at radius 1 is 1.09 bits per heavy atom. The van der Waals surface area contributed by atoms with Gasteiger partial charge in [-0.2, -0.15) is 0 Å². The van der Waals surface area contributed by atoms with E-state index in [9.17, 15) is 9.18 Å². The molecule has 2 aromatic heterocycles. The van der Waals surface area contributed by atoms with Gasteiger partial charge in [0.2, 0.25) is 5.91 Å². The summed E-state index contributed by atoms with van der Waals surface area (Å²) in [5.74, 6) is 0.242. The van der Waals surface area contributed by atoms with E-state index in [1.807, 2.05) is 28.4 Å². The van der Waals surface area contributed by atoms with Crippen molar-refractivity contribution in [1.29, 1.82) is 0 Å². The van der Waals surface area contributed by atoms with Crippen LogP contribution < -0.4 is 5.32 Å². The molecule has 0 fully saturated rings. The molecule has 1 atom stereocenters. The summed E-state index contributed by atoms with van der Waals surface area (Å²) >= 11 is 1.35. The second kappa shape index (κ2) is 9.40. The zero-order chi connectivity index (χ0) is 22.7. The van der Waals surface area contributed by atoms with Gasteiger partial charge in [0.15, 0.2) is 5.16 Å². The minimum absolute atomic E-state index is 0.165. The number of aromatic nitrogens is 4. The highest BCUT2D eigenvalue weighted by Crippen LogP contribution is 2.24. The highest BCUT2D eigenvalue weighted by atomic mass is 32.2. The van der Waals surface area contributed by atoms with E-state index in [0.29, 0.717) is 11.4 Å². The van der Waals surface area contributed by atoms with Crippen LogP contribution >= 0.6 is 11.8 Å². The first kappa shape index (κ1) is 21.8. The van der Waals surface area contributed by atoms with E-state index in [1.165, 1.54) is 35.0 Å². The quantitative estimate of drug-likeness (QED) is 0.426. The summed E-state index contributed by atoms with van der Waals surface area (Å²) in [6, 6.07) is 11.9. The third-order valence-corrected chi connectivity index (χ3v) is 6.28. The van der Waals surface area contributed by atoms with Gasteiger partial charge in [-0.15, -0.1) is 0 Å². The molecule has 0 saturated heterocycles. The van der Waals surface area contributed by atoms with Crippen molar-refractivity contribution < 1.29 is 9.18 Å². The molecule has 4 rings (SSSR count). The Morgan fingerprint density at radius 2 is 1.91 bits per heavy atom. The molecule has 1 amide bonds. The molecule has 0 spiro atoms. The molecule has 2 aromatic carbocycles.